The lowest BCUT2D eigenvalue weighted by atomic mass is 10.0. The second-order valence-corrected chi connectivity index (χ2v) is 6.52. The maximum atomic E-state index is 13.7. The molecule has 1 fully saturated rings. The number of hydrogen-bond acceptors (Lipinski definition) is 4. The molecule has 1 saturated heterocycles. The summed E-state index contributed by atoms with van der Waals surface area (Å²) in [6.07, 6.45) is 1.54. The third-order valence-electron chi connectivity index (χ3n) is 4.27. The van der Waals surface area contributed by atoms with Gasteiger partial charge in [-0.05, 0) is 57.4 Å². The van der Waals surface area contributed by atoms with Gasteiger partial charge in [0.15, 0.2) is 0 Å². The minimum absolute atomic E-state index is 0.0447. The SMILES string of the molecule is CC(C)OCCNC(C)c1cc(F)ccc1N1CCC(O)CC1. The standard InChI is InChI=1S/C18H29FN2O2/c1-13(2)23-11-8-20-14(3)17-12-15(19)4-5-18(17)21-9-6-16(22)7-10-21/h4-5,12-14,16,20,22H,6-11H2,1-3H3. The van der Waals surface area contributed by atoms with Gasteiger partial charge in [0.05, 0.1) is 18.8 Å². The fourth-order valence-corrected chi connectivity index (χ4v) is 2.95. The number of aliphatic hydroxyl groups excluding tert-OH is 1. The molecule has 1 heterocycles. The van der Waals surface area contributed by atoms with E-state index in [1.807, 2.05) is 26.8 Å². The van der Waals surface area contributed by atoms with Gasteiger partial charge in [-0.15, -0.1) is 0 Å². The average Bonchev–Trinajstić information content (AvgIpc) is 2.52. The lowest BCUT2D eigenvalue weighted by molar-refractivity contribution is 0.0796. The average molecular weight is 324 g/mol. The Kier molecular flexibility index (Phi) is 6.81. The molecule has 1 unspecified atom stereocenters. The molecule has 1 aromatic rings. The molecule has 0 aromatic heterocycles. The Morgan fingerprint density at radius 3 is 2.65 bits per heavy atom. The van der Waals surface area contributed by atoms with Crippen LogP contribution in [0.1, 0.15) is 45.2 Å². The zero-order chi connectivity index (χ0) is 16.8. The van der Waals surface area contributed by atoms with Crippen molar-refractivity contribution in [2.45, 2.75) is 51.9 Å². The fourth-order valence-electron chi connectivity index (χ4n) is 2.95. The Morgan fingerprint density at radius 2 is 2.00 bits per heavy atom. The van der Waals surface area contributed by atoms with Crippen molar-refractivity contribution in [1.82, 2.24) is 5.32 Å². The van der Waals surface area contributed by atoms with Crippen LogP contribution in [-0.4, -0.2) is 43.6 Å². The van der Waals surface area contributed by atoms with Crippen molar-refractivity contribution in [2.24, 2.45) is 0 Å². The lowest BCUT2D eigenvalue weighted by Gasteiger charge is -2.34. The highest BCUT2D eigenvalue weighted by molar-refractivity contribution is 5.55. The number of aliphatic hydroxyl groups is 1. The van der Waals surface area contributed by atoms with Crippen LogP contribution in [0.25, 0.3) is 0 Å². The molecule has 5 heteroatoms. The molecular formula is C18H29FN2O2. The minimum Gasteiger partial charge on any atom is -0.393 e. The second kappa shape index (κ2) is 8.62. The molecule has 0 amide bonds. The summed E-state index contributed by atoms with van der Waals surface area (Å²) in [5.41, 5.74) is 2.02. The zero-order valence-corrected chi connectivity index (χ0v) is 14.4. The summed E-state index contributed by atoms with van der Waals surface area (Å²) in [5, 5.41) is 13.1. The van der Waals surface area contributed by atoms with Crippen molar-refractivity contribution < 1.29 is 14.2 Å². The van der Waals surface area contributed by atoms with Crippen molar-refractivity contribution in [3.8, 4) is 0 Å². The van der Waals surface area contributed by atoms with E-state index in [2.05, 4.69) is 10.2 Å². The Balaban J connectivity index is 2.02. The van der Waals surface area contributed by atoms with Gasteiger partial charge < -0.3 is 20.1 Å². The Labute approximate surface area is 138 Å². The normalized spacial score (nSPS) is 17.7. The van der Waals surface area contributed by atoms with Crippen LogP contribution in [0.5, 0.6) is 0 Å². The van der Waals surface area contributed by atoms with Crippen LogP contribution in [0.15, 0.2) is 18.2 Å². The smallest absolute Gasteiger partial charge is 0.123 e. The number of hydrogen-bond donors (Lipinski definition) is 2. The van der Waals surface area contributed by atoms with Gasteiger partial charge in [-0.25, -0.2) is 4.39 Å². The van der Waals surface area contributed by atoms with Crippen molar-refractivity contribution >= 4 is 5.69 Å². The molecule has 0 saturated carbocycles. The van der Waals surface area contributed by atoms with Crippen LogP contribution in [0.4, 0.5) is 10.1 Å². The fraction of sp³-hybridized carbons (Fsp3) is 0.667. The van der Waals surface area contributed by atoms with Gasteiger partial charge in [-0.2, -0.15) is 0 Å². The third kappa shape index (κ3) is 5.44. The molecule has 0 bridgehead atoms. The van der Waals surface area contributed by atoms with E-state index in [1.165, 1.54) is 6.07 Å². The number of nitrogens with one attached hydrogen (secondary N) is 1. The molecular weight excluding hydrogens is 295 g/mol. The third-order valence-corrected chi connectivity index (χ3v) is 4.27. The van der Waals surface area contributed by atoms with Crippen LogP contribution >= 0.6 is 0 Å². The van der Waals surface area contributed by atoms with E-state index in [-0.39, 0.29) is 24.1 Å². The predicted octanol–water partition coefficient (Wildman–Crippen LogP) is 2.86. The first-order chi connectivity index (χ1) is 11.0. The Morgan fingerprint density at radius 1 is 1.30 bits per heavy atom. The van der Waals surface area contributed by atoms with Gasteiger partial charge in [0.1, 0.15) is 5.82 Å². The highest BCUT2D eigenvalue weighted by Crippen LogP contribution is 2.29. The van der Waals surface area contributed by atoms with E-state index in [0.29, 0.717) is 6.61 Å². The number of halogens is 1. The number of anilines is 1. The van der Waals surface area contributed by atoms with Gasteiger partial charge in [-0.1, -0.05) is 0 Å². The van der Waals surface area contributed by atoms with Crippen LogP contribution in [0, 0.1) is 5.82 Å². The topological polar surface area (TPSA) is 44.7 Å². The first kappa shape index (κ1) is 18.2. The number of ether oxygens (including phenoxy) is 1. The van der Waals surface area contributed by atoms with E-state index < -0.39 is 0 Å². The first-order valence-corrected chi connectivity index (χ1v) is 8.55. The largest absolute Gasteiger partial charge is 0.393 e. The predicted molar refractivity (Wildman–Crippen MR) is 91.4 cm³/mol. The van der Waals surface area contributed by atoms with Crippen molar-refractivity contribution in [1.29, 1.82) is 0 Å². The monoisotopic (exact) mass is 324 g/mol. The summed E-state index contributed by atoms with van der Waals surface area (Å²) in [4.78, 5) is 2.24. The van der Waals surface area contributed by atoms with Crippen molar-refractivity contribution in [3.63, 3.8) is 0 Å². The van der Waals surface area contributed by atoms with Crippen LogP contribution in [0.3, 0.4) is 0 Å². The summed E-state index contributed by atoms with van der Waals surface area (Å²) >= 11 is 0. The highest BCUT2D eigenvalue weighted by atomic mass is 19.1. The van der Waals surface area contributed by atoms with Gasteiger partial charge >= 0.3 is 0 Å². The van der Waals surface area contributed by atoms with Crippen LogP contribution < -0.4 is 10.2 Å². The van der Waals surface area contributed by atoms with Gasteiger partial charge in [-0.3, -0.25) is 0 Å². The Hall–Kier alpha value is -1.17. The first-order valence-electron chi connectivity index (χ1n) is 8.55. The molecule has 4 nitrogen and oxygen atoms in total. The lowest BCUT2D eigenvalue weighted by Crippen LogP contribution is -2.37. The second-order valence-electron chi connectivity index (χ2n) is 6.52. The van der Waals surface area contributed by atoms with E-state index >= 15 is 0 Å². The number of piperidine rings is 1. The molecule has 1 aromatic carbocycles. The van der Waals surface area contributed by atoms with Gasteiger partial charge in [0.2, 0.25) is 0 Å². The van der Waals surface area contributed by atoms with E-state index in [0.717, 1.165) is 43.7 Å². The zero-order valence-electron chi connectivity index (χ0n) is 14.4. The number of benzene rings is 1. The molecule has 23 heavy (non-hydrogen) atoms. The Bertz CT molecular complexity index is 488. The molecule has 0 aliphatic carbocycles. The number of nitrogens with zero attached hydrogens (tertiary/aromatic N) is 1. The van der Waals surface area contributed by atoms with E-state index in [4.69, 9.17) is 4.74 Å². The molecule has 0 spiro atoms. The summed E-state index contributed by atoms with van der Waals surface area (Å²) in [5.74, 6) is -0.215. The maximum Gasteiger partial charge on any atom is 0.123 e. The van der Waals surface area contributed by atoms with Crippen LogP contribution in [-0.2, 0) is 4.74 Å². The highest BCUT2D eigenvalue weighted by Gasteiger charge is 2.21. The molecule has 130 valence electrons. The maximum absolute atomic E-state index is 13.7. The summed E-state index contributed by atoms with van der Waals surface area (Å²) in [6, 6.07) is 5.02. The van der Waals surface area contributed by atoms with Crippen molar-refractivity contribution in [2.75, 3.05) is 31.1 Å². The molecule has 1 aliphatic rings. The molecule has 0 radical (unpaired) electrons. The molecule has 1 atom stereocenters. The van der Waals surface area contributed by atoms with Crippen molar-refractivity contribution in [3.05, 3.63) is 29.6 Å². The molecule has 2 rings (SSSR count). The molecule has 1 aliphatic heterocycles. The van der Waals surface area contributed by atoms with Crippen LogP contribution in [0.2, 0.25) is 0 Å². The minimum atomic E-state index is -0.215. The summed E-state index contributed by atoms with van der Waals surface area (Å²) in [6.45, 7) is 9.06. The summed E-state index contributed by atoms with van der Waals surface area (Å²) < 4.78 is 19.3. The quantitative estimate of drug-likeness (QED) is 0.757. The van der Waals surface area contributed by atoms with E-state index in [9.17, 15) is 9.50 Å². The van der Waals surface area contributed by atoms with Gasteiger partial charge in [0.25, 0.3) is 0 Å². The number of rotatable bonds is 7. The van der Waals surface area contributed by atoms with E-state index in [1.54, 1.807) is 6.07 Å². The molecule has 2 N–H and O–H groups in total. The summed E-state index contributed by atoms with van der Waals surface area (Å²) in [7, 11) is 0. The van der Waals surface area contributed by atoms with Gasteiger partial charge in [0, 0.05) is 31.4 Å².